The smallest absolute Gasteiger partial charge is 0.164 e. The Bertz CT molecular complexity index is 272. The quantitative estimate of drug-likeness (QED) is 0.812. The number of nitrogens with two attached hydrogens (primary N) is 1. The van der Waals surface area contributed by atoms with Crippen LogP contribution in [0.2, 0.25) is 5.02 Å². The molecule has 72 valence electrons. The van der Waals surface area contributed by atoms with Gasteiger partial charge in [0.1, 0.15) is 5.02 Å². The molecule has 0 radical (unpaired) electrons. The lowest BCUT2D eigenvalue weighted by atomic mass is 9.83. The minimum Gasteiger partial charge on any atom is -0.381 e. The second-order valence-electron chi connectivity index (χ2n) is 3.71. The lowest BCUT2D eigenvalue weighted by molar-refractivity contribution is 0.278. The lowest BCUT2D eigenvalue weighted by Gasteiger charge is -2.24. The largest absolute Gasteiger partial charge is 0.381 e. The van der Waals surface area contributed by atoms with E-state index in [1.54, 1.807) is 6.20 Å². The zero-order valence-corrected chi connectivity index (χ0v) is 8.30. The van der Waals surface area contributed by atoms with Crippen LogP contribution in [0.1, 0.15) is 25.7 Å². The number of nitrogen functional groups attached to an aromatic ring is 1. The molecule has 0 unspecified atom stereocenters. The first-order valence-electron chi connectivity index (χ1n) is 4.74. The first-order valence-corrected chi connectivity index (χ1v) is 5.12. The number of anilines is 1. The molecule has 1 aromatic heterocycles. The van der Waals surface area contributed by atoms with E-state index in [1.807, 2.05) is 4.68 Å². The maximum atomic E-state index is 5.78. The minimum atomic E-state index is 0.440. The number of hydrogen-bond acceptors (Lipinski definition) is 2. The Morgan fingerprint density at radius 1 is 1.62 bits per heavy atom. The molecular formula is C9H14ClN3. The summed E-state index contributed by atoms with van der Waals surface area (Å²) in [6.45, 7) is 0.946. The van der Waals surface area contributed by atoms with E-state index in [2.05, 4.69) is 5.10 Å². The Hall–Kier alpha value is -0.700. The second kappa shape index (κ2) is 3.58. The summed E-state index contributed by atoms with van der Waals surface area (Å²) in [5.74, 6) is 1.35. The molecule has 0 aromatic carbocycles. The summed E-state index contributed by atoms with van der Waals surface area (Å²) >= 11 is 5.78. The van der Waals surface area contributed by atoms with Crippen molar-refractivity contribution in [2.75, 3.05) is 5.73 Å². The maximum Gasteiger partial charge on any atom is 0.164 e. The third-order valence-corrected chi connectivity index (χ3v) is 3.03. The Kier molecular flexibility index (Phi) is 2.44. The average Bonchev–Trinajstić information content (AvgIpc) is 2.28. The minimum absolute atomic E-state index is 0.440. The number of halogens is 1. The molecule has 0 aliphatic heterocycles. The van der Waals surface area contributed by atoms with Gasteiger partial charge in [-0.15, -0.1) is 0 Å². The van der Waals surface area contributed by atoms with Gasteiger partial charge in [-0.3, -0.25) is 4.68 Å². The molecule has 0 atom stereocenters. The highest BCUT2D eigenvalue weighted by Gasteiger charge is 2.17. The van der Waals surface area contributed by atoms with Crippen molar-refractivity contribution in [3.63, 3.8) is 0 Å². The molecule has 13 heavy (non-hydrogen) atoms. The van der Waals surface area contributed by atoms with Gasteiger partial charge in [0, 0.05) is 12.7 Å². The summed E-state index contributed by atoms with van der Waals surface area (Å²) in [6, 6.07) is 0. The van der Waals surface area contributed by atoms with E-state index in [1.165, 1.54) is 25.7 Å². The third-order valence-electron chi connectivity index (χ3n) is 2.73. The van der Waals surface area contributed by atoms with Crippen LogP contribution < -0.4 is 5.73 Å². The molecule has 1 aliphatic rings. The molecule has 1 saturated carbocycles. The highest BCUT2D eigenvalue weighted by atomic mass is 35.5. The van der Waals surface area contributed by atoms with Crippen LogP contribution in [0.5, 0.6) is 0 Å². The number of aromatic nitrogens is 2. The monoisotopic (exact) mass is 199 g/mol. The van der Waals surface area contributed by atoms with Gasteiger partial charge in [-0.25, -0.2) is 0 Å². The van der Waals surface area contributed by atoms with Crippen molar-refractivity contribution in [2.24, 2.45) is 5.92 Å². The van der Waals surface area contributed by atoms with Crippen molar-refractivity contribution in [1.82, 2.24) is 9.78 Å². The van der Waals surface area contributed by atoms with Crippen LogP contribution >= 0.6 is 11.6 Å². The lowest BCUT2D eigenvalue weighted by Crippen LogP contribution is -2.14. The van der Waals surface area contributed by atoms with Gasteiger partial charge in [0.05, 0.1) is 0 Å². The summed E-state index contributed by atoms with van der Waals surface area (Å²) in [5.41, 5.74) is 5.53. The first kappa shape index (κ1) is 8.88. The van der Waals surface area contributed by atoms with Crippen LogP contribution in [0.25, 0.3) is 0 Å². The van der Waals surface area contributed by atoms with Crippen molar-refractivity contribution in [1.29, 1.82) is 0 Å². The van der Waals surface area contributed by atoms with Crippen molar-refractivity contribution < 1.29 is 0 Å². The second-order valence-corrected chi connectivity index (χ2v) is 4.12. The fourth-order valence-corrected chi connectivity index (χ4v) is 1.77. The predicted octanol–water partition coefficient (Wildman–Crippen LogP) is 2.31. The highest BCUT2D eigenvalue weighted by molar-refractivity contribution is 6.32. The molecule has 2 rings (SSSR count). The van der Waals surface area contributed by atoms with Crippen LogP contribution in [0.15, 0.2) is 6.20 Å². The van der Waals surface area contributed by atoms with Crippen molar-refractivity contribution >= 4 is 17.4 Å². The van der Waals surface area contributed by atoms with E-state index in [-0.39, 0.29) is 0 Å². The van der Waals surface area contributed by atoms with Gasteiger partial charge < -0.3 is 5.73 Å². The molecular weight excluding hydrogens is 186 g/mol. The number of nitrogens with zero attached hydrogens (tertiary/aromatic N) is 2. The van der Waals surface area contributed by atoms with Gasteiger partial charge in [0.25, 0.3) is 0 Å². The third kappa shape index (κ3) is 1.97. The van der Waals surface area contributed by atoms with E-state index < -0.39 is 0 Å². The molecule has 0 bridgehead atoms. The molecule has 1 aromatic rings. The summed E-state index contributed by atoms with van der Waals surface area (Å²) in [7, 11) is 0. The van der Waals surface area contributed by atoms with Crippen LogP contribution in [0, 0.1) is 5.92 Å². The molecule has 1 fully saturated rings. The van der Waals surface area contributed by atoms with E-state index in [0.29, 0.717) is 10.8 Å². The van der Waals surface area contributed by atoms with Crippen LogP contribution in [-0.2, 0) is 6.54 Å². The molecule has 1 aliphatic carbocycles. The number of aryl methyl sites for hydroxylation is 1. The normalized spacial score (nSPS) is 17.3. The Morgan fingerprint density at radius 2 is 2.38 bits per heavy atom. The molecule has 1 heterocycles. The molecule has 4 heteroatoms. The van der Waals surface area contributed by atoms with E-state index in [0.717, 1.165) is 12.5 Å². The van der Waals surface area contributed by atoms with Gasteiger partial charge >= 0.3 is 0 Å². The van der Waals surface area contributed by atoms with E-state index in [9.17, 15) is 0 Å². The standard InChI is InChI=1S/C9H14ClN3/c10-8-6-13(12-9(8)11)5-4-7-2-1-3-7/h6-7H,1-5H2,(H2,11,12). The molecule has 2 N–H and O–H groups in total. The maximum absolute atomic E-state index is 5.78. The fourth-order valence-electron chi connectivity index (χ4n) is 1.62. The van der Waals surface area contributed by atoms with Gasteiger partial charge in [0.15, 0.2) is 5.82 Å². The summed E-state index contributed by atoms with van der Waals surface area (Å²) in [5, 5.41) is 4.67. The Balaban J connectivity index is 1.86. The predicted molar refractivity (Wildman–Crippen MR) is 53.6 cm³/mol. The topological polar surface area (TPSA) is 43.8 Å². The summed E-state index contributed by atoms with van der Waals surface area (Å²) in [6.07, 6.45) is 7.16. The molecule has 3 nitrogen and oxygen atoms in total. The molecule has 0 saturated heterocycles. The van der Waals surface area contributed by atoms with Gasteiger partial charge in [-0.05, 0) is 12.3 Å². The van der Waals surface area contributed by atoms with Gasteiger partial charge in [0.2, 0.25) is 0 Å². The molecule has 0 spiro atoms. The van der Waals surface area contributed by atoms with Gasteiger partial charge in [-0.2, -0.15) is 5.10 Å². The zero-order chi connectivity index (χ0) is 9.26. The average molecular weight is 200 g/mol. The van der Waals surface area contributed by atoms with Gasteiger partial charge in [-0.1, -0.05) is 30.9 Å². The van der Waals surface area contributed by atoms with Crippen molar-refractivity contribution in [2.45, 2.75) is 32.2 Å². The molecule has 0 amide bonds. The number of hydrogen-bond donors (Lipinski definition) is 1. The van der Waals surface area contributed by atoms with E-state index in [4.69, 9.17) is 17.3 Å². The summed E-state index contributed by atoms with van der Waals surface area (Å²) < 4.78 is 1.84. The van der Waals surface area contributed by atoms with Crippen LogP contribution in [0.3, 0.4) is 0 Å². The summed E-state index contributed by atoms with van der Waals surface area (Å²) in [4.78, 5) is 0. The van der Waals surface area contributed by atoms with Crippen LogP contribution in [-0.4, -0.2) is 9.78 Å². The fraction of sp³-hybridized carbons (Fsp3) is 0.667. The van der Waals surface area contributed by atoms with Crippen molar-refractivity contribution in [3.8, 4) is 0 Å². The SMILES string of the molecule is Nc1nn(CCC2CCC2)cc1Cl. The van der Waals surface area contributed by atoms with E-state index >= 15 is 0 Å². The Morgan fingerprint density at radius 3 is 2.85 bits per heavy atom. The highest BCUT2D eigenvalue weighted by Crippen LogP contribution is 2.29. The Labute approximate surface area is 82.9 Å². The van der Waals surface area contributed by atoms with Crippen molar-refractivity contribution in [3.05, 3.63) is 11.2 Å². The zero-order valence-electron chi connectivity index (χ0n) is 7.54. The van der Waals surface area contributed by atoms with Crippen LogP contribution in [0.4, 0.5) is 5.82 Å². The number of rotatable bonds is 3. The first-order chi connectivity index (χ1) is 6.25.